The van der Waals surface area contributed by atoms with Gasteiger partial charge < -0.3 is 14.4 Å². The Kier molecular flexibility index (Phi) is 5.58. The van der Waals surface area contributed by atoms with Crippen LogP contribution in [0.5, 0.6) is 5.75 Å². The monoisotopic (exact) mass is 388 g/mol. The van der Waals surface area contributed by atoms with Crippen molar-refractivity contribution in [2.75, 3.05) is 20.3 Å². The van der Waals surface area contributed by atoms with Gasteiger partial charge in [0.1, 0.15) is 12.4 Å². The number of hydrogen-bond acceptors (Lipinski definition) is 4. The number of carbonyl (C=O) groups is 1. The van der Waals surface area contributed by atoms with E-state index in [0.717, 1.165) is 28.0 Å². The van der Waals surface area contributed by atoms with Crippen molar-refractivity contribution < 1.29 is 14.3 Å². The second-order valence-corrected chi connectivity index (χ2v) is 7.20. The first-order chi connectivity index (χ1) is 14.2. The summed E-state index contributed by atoms with van der Waals surface area (Å²) in [6.07, 6.45) is 3.59. The van der Waals surface area contributed by atoms with E-state index in [2.05, 4.69) is 36.2 Å². The van der Waals surface area contributed by atoms with Gasteiger partial charge in [-0.2, -0.15) is 0 Å². The lowest BCUT2D eigenvalue weighted by Crippen LogP contribution is -2.43. The van der Waals surface area contributed by atoms with E-state index in [0.29, 0.717) is 13.2 Å². The Balaban J connectivity index is 1.74. The number of nitrogens with zero attached hydrogens (tertiary/aromatic N) is 2. The first-order valence-corrected chi connectivity index (χ1v) is 9.67. The van der Waals surface area contributed by atoms with Gasteiger partial charge in [0.05, 0.1) is 19.8 Å². The summed E-state index contributed by atoms with van der Waals surface area (Å²) in [5, 5.41) is 0. The highest BCUT2D eigenvalue weighted by Gasteiger charge is 2.32. The number of aromatic nitrogens is 1. The zero-order valence-corrected chi connectivity index (χ0v) is 16.7. The van der Waals surface area contributed by atoms with Crippen LogP contribution in [0.2, 0.25) is 0 Å². The van der Waals surface area contributed by atoms with Crippen LogP contribution in [0.4, 0.5) is 0 Å². The van der Waals surface area contributed by atoms with E-state index in [1.165, 1.54) is 5.56 Å². The first-order valence-electron chi connectivity index (χ1n) is 9.67. The molecule has 0 spiro atoms. The van der Waals surface area contributed by atoms with Crippen LogP contribution in [0.1, 0.15) is 22.7 Å². The fourth-order valence-corrected chi connectivity index (χ4v) is 3.74. The van der Waals surface area contributed by atoms with Crippen molar-refractivity contribution in [3.05, 3.63) is 83.7 Å². The maximum atomic E-state index is 12.8. The molecule has 148 valence electrons. The minimum atomic E-state index is -0.217. The average Bonchev–Trinajstić information content (AvgIpc) is 2.76. The van der Waals surface area contributed by atoms with Gasteiger partial charge in [0.25, 0.3) is 0 Å². The summed E-state index contributed by atoms with van der Waals surface area (Å²) in [5.41, 5.74) is 5.22. The van der Waals surface area contributed by atoms with Crippen LogP contribution < -0.4 is 4.74 Å². The number of methoxy groups -OCH3 is 1. The number of ether oxygens (including phenoxy) is 2. The summed E-state index contributed by atoms with van der Waals surface area (Å²) in [6.45, 7) is 3.13. The van der Waals surface area contributed by atoms with Crippen LogP contribution in [0.25, 0.3) is 11.1 Å². The number of amides is 1. The maximum Gasteiger partial charge on any atom is 0.249 e. The third-order valence-electron chi connectivity index (χ3n) is 5.28. The van der Waals surface area contributed by atoms with Crippen LogP contribution in [0.3, 0.4) is 0 Å². The smallest absolute Gasteiger partial charge is 0.249 e. The Morgan fingerprint density at radius 1 is 1.10 bits per heavy atom. The molecule has 1 saturated heterocycles. The highest BCUT2D eigenvalue weighted by Crippen LogP contribution is 2.37. The van der Waals surface area contributed by atoms with E-state index in [9.17, 15) is 4.79 Å². The lowest BCUT2D eigenvalue weighted by molar-refractivity contribution is -0.149. The molecule has 1 unspecified atom stereocenters. The summed E-state index contributed by atoms with van der Waals surface area (Å²) in [4.78, 5) is 19.0. The fraction of sp³-hybridized carbons (Fsp3) is 0.250. The van der Waals surface area contributed by atoms with Gasteiger partial charge in [0.2, 0.25) is 5.91 Å². The summed E-state index contributed by atoms with van der Waals surface area (Å²) >= 11 is 0. The quantitative estimate of drug-likeness (QED) is 0.658. The molecule has 1 aliphatic heterocycles. The molecule has 2 aromatic carbocycles. The van der Waals surface area contributed by atoms with Gasteiger partial charge in [-0.05, 0) is 30.2 Å². The molecule has 2 heterocycles. The number of pyridine rings is 1. The Morgan fingerprint density at radius 2 is 1.90 bits per heavy atom. The molecule has 0 N–H and O–H groups in total. The Hall–Kier alpha value is -3.18. The molecule has 5 heteroatoms. The molecule has 0 radical (unpaired) electrons. The van der Waals surface area contributed by atoms with Crippen molar-refractivity contribution >= 4 is 5.91 Å². The lowest BCUT2D eigenvalue weighted by Gasteiger charge is -2.36. The van der Waals surface area contributed by atoms with Crippen molar-refractivity contribution in [1.82, 2.24) is 9.88 Å². The van der Waals surface area contributed by atoms with Crippen LogP contribution >= 0.6 is 0 Å². The molecule has 29 heavy (non-hydrogen) atoms. The number of rotatable bonds is 5. The predicted octanol–water partition coefficient (Wildman–Crippen LogP) is 4.17. The molecular formula is C24H24N2O3. The number of hydrogen-bond donors (Lipinski definition) is 0. The molecule has 1 aromatic heterocycles. The van der Waals surface area contributed by atoms with E-state index >= 15 is 0 Å². The van der Waals surface area contributed by atoms with E-state index in [1.807, 2.05) is 41.4 Å². The van der Waals surface area contributed by atoms with Gasteiger partial charge in [0.15, 0.2) is 0 Å². The normalized spacial score (nSPS) is 16.7. The zero-order valence-electron chi connectivity index (χ0n) is 16.7. The molecule has 1 atom stereocenters. The summed E-state index contributed by atoms with van der Waals surface area (Å²) < 4.78 is 11.2. The second-order valence-electron chi connectivity index (χ2n) is 7.20. The summed E-state index contributed by atoms with van der Waals surface area (Å²) in [6, 6.07) is 17.9. The van der Waals surface area contributed by atoms with E-state index < -0.39 is 0 Å². The third kappa shape index (κ3) is 4.00. The molecule has 0 saturated carbocycles. The number of carbonyl (C=O) groups excluding carboxylic acids is 1. The topological polar surface area (TPSA) is 51.7 Å². The van der Waals surface area contributed by atoms with Gasteiger partial charge in [-0.15, -0.1) is 0 Å². The van der Waals surface area contributed by atoms with Crippen LogP contribution in [0, 0.1) is 6.92 Å². The van der Waals surface area contributed by atoms with Crippen molar-refractivity contribution in [2.45, 2.75) is 19.5 Å². The van der Waals surface area contributed by atoms with Crippen LogP contribution in [-0.4, -0.2) is 36.1 Å². The molecule has 1 amide bonds. The number of aryl methyl sites for hydroxylation is 1. The number of morpholine rings is 1. The average molecular weight is 388 g/mol. The number of para-hydroxylation sites is 1. The molecule has 1 aliphatic rings. The minimum Gasteiger partial charge on any atom is -0.496 e. The molecule has 5 nitrogen and oxygen atoms in total. The van der Waals surface area contributed by atoms with Gasteiger partial charge in [-0.25, -0.2) is 0 Å². The van der Waals surface area contributed by atoms with E-state index in [-0.39, 0.29) is 18.6 Å². The predicted molar refractivity (Wildman–Crippen MR) is 112 cm³/mol. The second kappa shape index (κ2) is 8.45. The highest BCUT2D eigenvalue weighted by atomic mass is 16.5. The first kappa shape index (κ1) is 19.2. The summed E-state index contributed by atoms with van der Waals surface area (Å²) in [7, 11) is 1.66. The fourth-order valence-electron chi connectivity index (χ4n) is 3.74. The molecule has 3 aromatic rings. The highest BCUT2D eigenvalue weighted by molar-refractivity contribution is 5.80. The van der Waals surface area contributed by atoms with Crippen molar-refractivity contribution in [3.63, 3.8) is 0 Å². The van der Waals surface area contributed by atoms with Gasteiger partial charge in [-0.1, -0.05) is 48.0 Å². The zero-order chi connectivity index (χ0) is 20.2. The molecule has 0 bridgehead atoms. The van der Waals surface area contributed by atoms with E-state index in [4.69, 9.17) is 9.47 Å². The van der Waals surface area contributed by atoms with Crippen molar-refractivity contribution in [3.8, 4) is 16.9 Å². The summed E-state index contributed by atoms with van der Waals surface area (Å²) in [5.74, 6) is 0.768. The Morgan fingerprint density at radius 3 is 2.69 bits per heavy atom. The minimum absolute atomic E-state index is 0.0170. The molecule has 4 rings (SSSR count). The number of benzene rings is 2. The van der Waals surface area contributed by atoms with Gasteiger partial charge >= 0.3 is 0 Å². The molecule has 0 aliphatic carbocycles. The maximum absolute atomic E-state index is 12.8. The standard InChI is InChI=1S/C24H24N2O3/c1-17-7-9-18(10-8-17)14-26-22(15-29-16-24(26)27)21-13-25-12-11-19(21)20-5-3-4-6-23(20)28-2/h3-13,22H,14-16H2,1-2H3. The SMILES string of the molecule is COc1ccccc1-c1ccncc1C1COCC(=O)N1Cc1ccc(C)cc1. The molecular weight excluding hydrogens is 364 g/mol. The lowest BCUT2D eigenvalue weighted by atomic mass is 9.94. The Labute approximate surface area is 170 Å². The Bertz CT molecular complexity index is 1000. The van der Waals surface area contributed by atoms with Crippen LogP contribution in [0.15, 0.2) is 67.0 Å². The van der Waals surface area contributed by atoms with Crippen molar-refractivity contribution in [1.29, 1.82) is 0 Å². The van der Waals surface area contributed by atoms with Crippen molar-refractivity contribution in [2.24, 2.45) is 0 Å². The van der Waals surface area contributed by atoms with E-state index in [1.54, 1.807) is 13.3 Å². The van der Waals surface area contributed by atoms with Crippen LogP contribution in [-0.2, 0) is 16.1 Å². The molecule has 1 fully saturated rings. The third-order valence-corrected chi connectivity index (χ3v) is 5.28. The van der Waals surface area contributed by atoms with Gasteiger partial charge in [0, 0.05) is 30.1 Å². The largest absolute Gasteiger partial charge is 0.496 e. The van der Waals surface area contributed by atoms with Gasteiger partial charge in [-0.3, -0.25) is 9.78 Å².